The maximum absolute atomic E-state index is 11.2. The molecule has 0 aromatic carbocycles. The molecule has 70 valence electrons. The molecule has 3 nitrogen and oxygen atoms in total. The van der Waals surface area contributed by atoms with Crippen molar-refractivity contribution in [2.75, 3.05) is 6.61 Å². The first kappa shape index (κ1) is 9.99. The number of hydrogen-bond donors (Lipinski definition) is 0. The van der Waals surface area contributed by atoms with Crippen LogP contribution in [0.25, 0.3) is 0 Å². The van der Waals surface area contributed by atoms with E-state index in [0.717, 1.165) is 6.42 Å². The van der Waals surface area contributed by atoms with Crippen molar-refractivity contribution in [3.63, 3.8) is 0 Å². The van der Waals surface area contributed by atoms with E-state index >= 15 is 0 Å². The number of nitrogens with zero attached hydrogens (tertiary/aromatic N) is 1. The molecule has 0 aliphatic carbocycles. The molecule has 0 amide bonds. The number of esters is 1. The molecule has 0 N–H and O–H groups in total. The van der Waals surface area contributed by atoms with Gasteiger partial charge in [-0.1, -0.05) is 18.5 Å². The van der Waals surface area contributed by atoms with Gasteiger partial charge in [0.15, 0.2) is 0 Å². The summed E-state index contributed by atoms with van der Waals surface area (Å²) in [5, 5.41) is 0.507. The Bertz CT molecular complexity index is 284. The van der Waals surface area contributed by atoms with Crippen molar-refractivity contribution in [3.05, 3.63) is 29.0 Å². The van der Waals surface area contributed by atoms with Gasteiger partial charge in [0.2, 0.25) is 0 Å². The second-order valence-electron chi connectivity index (χ2n) is 2.50. The highest BCUT2D eigenvalue weighted by Gasteiger charge is 2.06. The smallest absolute Gasteiger partial charge is 0.356 e. The maximum atomic E-state index is 11.2. The molecule has 1 heterocycles. The average molecular weight is 200 g/mol. The summed E-state index contributed by atoms with van der Waals surface area (Å²) in [5.74, 6) is -0.404. The first-order chi connectivity index (χ1) is 6.24. The molecular weight excluding hydrogens is 190 g/mol. The number of ether oxygens (including phenoxy) is 1. The zero-order valence-corrected chi connectivity index (χ0v) is 8.04. The third kappa shape index (κ3) is 3.03. The number of carbonyl (C=O) groups is 1. The van der Waals surface area contributed by atoms with Gasteiger partial charge in [0.05, 0.1) is 11.6 Å². The van der Waals surface area contributed by atoms with Crippen LogP contribution in [0.3, 0.4) is 0 Å². The van der Waals surface area contributed by atoms with Crippen LogP contribution < -0.4 is 0 Å². The second kappa shape index (κ2) is 4.82. The monoisotopic (exact) mass is 199 g/mol. The summed E-state index contributed by atoms with van der Waals surface area (Å²) < 4.78 is 4.87. The van der Waals surface area contributed by atoms with Gasteiger partial charge < -0.3 is 4.74 Å². The lowest BCUT2D eigenvalue weighted by molar-refractivity contribution is 0.0498. The minimum atomic E-state index is -0.404. The minimum absolute atomic E-state index is 0.290. The van der Waals surface area contributed by atoms with E-state index in [1.54, 1.807) is 12.1 Å². The second-order valence-corrected chi connectivity index (χ2v) is 2.93. The van der Waals surface area contributed by atoms with Gasteiger partial charge in [-0.2, -0.15) is 0 Å². The third-order valence-electron chi connectivity index (χ3n) is 1.37. The lowest BCUT2D eigenvalue weighted by Gasteiger charge is -2.01. The summed E-state index contributed by atoms with van der Waals surface area (Å²) in [5.41, 5.74) is 0.290. The fourth-order valence-corrected chi connectivity index (χ4v) is 0.877. The summed E-state index contributed by atoms with van der Waals surface area (Å²) in [6, 6.07) is 3.15. The van der Waals surface area contributed by atoms with Crippen molar-refractivity contribution in [1.82, 2.24) is 4.98 Å². The molecule has 0 bridgehead atoms. The Kier molecular flexibility index (Phi) is 3.71. The Morgan fingerprint density at radius 2 is 2.38 bits per heavy atom. The van der Waals surface area contributed by atoms with Crippen molar-refractivity contribution < 1.29 is 9.53 Å². The van der Waals surface area contributed by atoms with E-state index < -0.39 is 5.97 Å². The Morgan fingerprint density at radius 3 is 2.92 bits per heavy atom. The molecule has 0 aliphatic rings. The largest absolute Gasteiger partial charge is 0.461 e. The summed E-state index contributed by atoms with van der Waals surface area (Å²) in [6.07, 6.45) is 2.23. The minimum Gasteiger partial charge on any atom is -0.461 e. The van der Waals surface area contributed by atoms with Gasteiger partial charge >= 0.3 is 5.97 Å². The SMILES string of the molecule is CCCOC(=O)c1ccc(Cl)cn1. The first-order valence-corrected chi connectivity index (χ1v) is 4.40. The van der Waals surface area contributed by atoms with Crippen LogP contribution in [-0.4, -0.2) is 17.6 Å². The van der Waals surface area contributed by atoms with Crippen molar-refractivity contribution in [1.29, 1.82) is 0 Å². The summed E-state index contributed by atoms with van der Waals surface area (Å²) in [4.78, 5) is 15.0. The zero-order valence-electron chi connectivity index (χ0n) is 7.29. The quantitative estimate of drug-likeness (QED) is 0.702. The number of carbonyl (C=O) groups excluding carboxylic acids is 1. The number of halogens is 1. The normalized spacial score (nSPS) is 9.69. The van der Waals surface area contributed by atoms with E-state index in [-0.39, 0.29) is 5.69 Å². The summed E-state index contributed by atoms with van der Waals surface area (Å²) in [7, 11) is 0. The van der Waals surface area contributed by atoms with E-state index in [2.05, 4.69) is 4.98 Å². The molecule has 1 aromatic rings. The molecule has 0 spiro atoms. The molecule has 0 atom stereocenters. The molecule has 0 saturated carbocycles. The maximum Gasteiger partial charge on any atom is 0.356 e. The lowest BCUT2D eigenvalue weighted by Crippen LogP contribution is -2.07. The van der Waals surface area contributed by atoms with Crippen LogP contribution in [0.1, 0.15) is 23.8 Å². The van der Waals surface area contributed by atoms with Gasteiger partial charge in [0.1, 0.15) is 5.69 Å². The standard InChI is InChI=1S/C9H10ClNO2/c1-2-5-13-9(12)8-4-3-7(10)6-11-8/h3-4,6H,2,5H2,1H3. The Hall–Kier alpha value is -1.09. The average Bonchev–Trinajstić information content (AvgIpc) is 2.15. The van der Waals surface area contributed by atoms with Gasteiger partial charge in [-0.25, -0.2) is 9.78 Å². The van der Waals surface area contributed by atoms with Gasteiger partial charge in [0, 0.05) is 6.20 Å². The van der Waals surface area contributed by atoms with E-state index in [0.29, 0.717) is 11.6 Å². The summed E-state index contributed by atoms with van der Waals surface area (Å²) >= 11 is 5.61. The molecule has 0 aliphatic heterocycles. The van der Waals surface area contributed by atoms with Crippen LogP contribution in [-0.2, 0) is 4.74 Å². The van der Waals surface area contributed by atoms with Crippen molar-refractivity contribution in [3.8, 4) is 0 Å². The third-order valence-corrected chi connectivity index (χ3v) is 1.60. The predicted molar refractivity (Wildman–Crippen MR) is 49.8 cm³/mol. The Morgan fingerprint density at radius 1 is 1.62 bits per heavy atom. The van der Waals surface area contributed by atoms with Crippen LogP contribution in [0.5, 0.6) is 0 Å². The van der Waals surface area contributed by atoms with Gasteiger partial charge in [0.25, 0.3) is 0 Å². The number of pyridine rings is 1. The topological polar surface area (TPSA) is 39.2 Å². The Labute approximate surface area is 81.7 Å². The van der Waals surface area contributed by atoms with Crippen LogP contribution in [0.2, 0.25) is 5.02 Å². The van der Waals surface area contributed by atoms with E-state index in [1.165, 1.54) is 6.20 Å². The van der Waals surface area contributed by atoms with E-state index in [1.807, 2.05) is 6.92 Å². The summed E-state index contributed by atoms with van der Waals surface area (Å²) in [6.45, 7) is 2.35. The lowest BCUT2D eigenvalue weighted by atomic mass is 10.3. The van der Waals surface area contributed by atoms with Crippen molar-refractivity contribution >= 4 is 17.6 Å². The highest BCUT2D eigenvalue weighted by atomic mass is 35.5. The number of rotatable bonds is 3. The first-order valence-electron chi connectivity index (χ1n) is 4.02. The number of hydrogen-bond acceptors (Lipinski definition) is 3. The fourth-order valence-electron chi connectivity index (χ4n) is 0.765. The van der Waals surface area contributed by atoms with Crippen molar-refractivity contribution in [2.24, 2.45) is 0 Å². The van der Waals surface area contributed by atoms with Crippen LogP contribution in [0.4, 0.5) is 0 Å². The molecule has 4 heteroatoms. The number of aromatic nitrogens is 1. The highest BCUT2D eigenvalue weighted by Crippen LogP contribution is 2.06. The van der Waals surface area contributed by atoms with Gasteiger partial charge in [-0.15, -0.1) is 0 Å². The molecule has 0 unspecified atom stereocenters. The Balaban J connectivity index is 2.61. The molecule has 0 saturated heterocycles. The van der Waals surface area contributed by atoms with Gasteiger partial charge in [-0.3, -0.25) is 0 Å². The van der Waals surface area contributed by atoms with Crippen LogP contribution in [0, 0.1) is 0 Å². The van der Waals surface area contributed by atoms with Crippen LogP contribution >= 0.6 is 11.6 Å². The fraction of sp³-hybridized carbons (Fsp3) is 0.333. The predicted octanol–water partition coefficient (Wildman–Crippen LogP) is 2.30. The molecule has 0 radical (unpaired) electrons. The van der Waals surface area contributed by atoms with Crippen molar-refractivity contribution in [2.45, 2.75) is 13.3 Å². The van der Waals surface area contributed by atoms with E-state index in [4.69, 9.17) is 16.3 Å². The van der Waals surface area contributed by atoms with E-state index in [9.17, 15) is 4.79 Å². The van der Waals surface area contributed by atoms with Crippen LogP contribution in [0.15, 0.2) is 18.3 Å². The molecular formula is C9H10ClNO2. The molecule has 1 rings (SSSR count). The molecule has 1 aromatic heterocycles. The molecule has 13 heavy (non-hydrogen) atoms. The van der Waals surface area contributed by atoms with Gasteiger partial charge in [-0.05, 0) is 18.6 Å². The highest BCUT2D eigenvalue weighted by molar-refractivity contribution is 6.30. The zero-order chi connectivity index (χ0) is 9.68. The molecule has 0 fully saturated rings.